The molecule has 0 unspecified atom stereocenters. The van der Waals surface area contributed by atoms with E-state index in [2.05, 4.69) is 0 Å². The smallest absolute Gasteiger partial charge is 0.175 e. The fourth-order valence-corrected chi connectivity index (χ4v) is 1.28. The fourth-order valence-electron chi connectivity index (χ4n) is 0.777. The molecule has 12 heavy (non-hydrogen) atoms. The van der Waals surface area contributed by atoms with Crippen molar-refractivity contribution < 1.29 is 23.7 Å². The summed E-state index contributed by atoms with van der Waals surface area (Å²) in [5, 5.41) is 26.7. The van der Waals surface area contributed by atoms with Gasteiger partial charge in [-0.1, -0.05) is 0 Å². The Morgan fingerprint density at radius 3 is 1.75 bits per heavy atom. The topological polar surface area (TPSA) is 94.8 Å². The van der Waals surface area contributed by atoms with E-state index in [4.69, 9.17) is 15.3 Å². The number of aromatic hydroxyl groups is 3. The second kappa shape index (κ2) is 2.90. The van der Waals surface area contributed by atoms with Crippen molar-refractivity contribution in [2.45, 2.75) is 4.90 Å². The van der Waals surface area contributed by atoms with Gasteiger partial charge in [-0.05, 0) is 0 Å². The van der Waals surface area contributed by atoms with Gasteiger partial charge < -0.3 is 15.3 Å². The van der Waals surface area contributed by atoms with Crippen LogP contribution >= 0.6 is 0 Å². The van der Waals surface area contributed by atoms with Crippen molar-refractivity contribution in [2.24, 2.45) is 0 Å². The second-order valence-electron chi connectivity index (χ2n) is 2.09. The van der Waals surface area contributed by atoms with E-state index >= 15 is 0 Å². The van der Waals surface area contributed by atoms with E-state index in [0.717, 1.165) is 12.1 Å². The average molecular weight is 190 g/mol. The van der Waals surface area contributed by atoms with Gasteiger partial charge in [-0.3, -0.25) is 0 Å². The van der Waals surface area contributed by atoms with Crippen molar-refractivity contribution in [2.75, 3.05) is 0 Å². The lowest BCUT2D eigenvalue weighted by Gasteiger charge is -2.00. The summed E-state index contributed by atoms with van der Waals surface area (Å²) in [5.74, 6) is -1.72. The van der Waals surface area contributed by atoms with Crippen LogP contribution < -0.4 is 0 Å². The maximum Gasteiger partial charge on any atom is 0.175 e. The van der Waals surface area contributed by atoms with Gasteiger partial charge in [0.2, 0.25) is 0 Å². The molecule has 0 spiro atoms. The minimum absolute atomic E-state index is 0.398. The van der Waals surface area contributed by atoms with Crippen LogP contribution in [-0.4, -0.2) is 23.7 Å². The second-order valence-corrected chi connectivity index (χ2v) is 3.05. The lowest BCUT2D eigenvalue weighted by molar-refractivity contribution is 0.408. The number of benzene rings is 1. The third kappa shape index (κ3) is 1.42. The van der Waals surface area contributed by atoms with Crippen molar-refractivity contribution in [3.05, 3.63) is 12.1 Å². The van der Waals surface area contributed by atoms with Crippen molar-refractivity contribution >= 4 is 10.7 Å². The van der Waals surface area contributed by atoms with Crippen LogP contribution in [0.4, 0.5) is 0 Å². The first-order valence-corrected chi connectivity index (χ1v) is 4.09. The molecule has 1 aromatic carbocycles. The Hall–Kier alpha value is -1.43. The van der Waals surface area contributed by atoms with Crippen molar-refractivity contribution in [1.29, 1.82) is 0 Å². The SMILES string of the molecule is O=[SH](=O)c1c(O)cc(O)cc1O. The normalized spacial score (nSPS) is 10.4. The first-order chi connectivity index (χ1) is 5.52. The maximum absolute atomic E-state index is 10.4. The lowest BCUT2D eigenvalue weighted by atomic mass is 10.3. The van der Waals surface area contributed by atoms with Crippen molar-refractivity contribution in [1.82, 2.24) is 0 Å². The summed E-state index contributed by atoms with van der Waals surface area (Å²) in [6.07, 6.45) is 0. The lowest BCUT2D eigenvalue weighted by Crippen LogP contribution is -1.82. The summed E-state index contributed by atoms with van der Waals surface area (Å²) in [5.41, 5.74) is 0. The Bertz CT molecular complexity index is 351. The van der Waals surface area contributed by atoms with Gasteiger partial charge in [0.25, 0.3) is 0 Å². The molecule has 0 aliphatic rings. The Balaban J connectivity index is 3.48. The molecule has 0 amide bonds. The van der Waals surface area contributed by atoms with E-state index in [9.17, 15) is 8.42 Å². The highest BCUT2D eigenvalue weighted by Crippen LogP contribution is 2.32. The van der Waals surface area contributed by atoms with E-state index in [1.807, 2.05) is 0 Å². The van der Waals surface area contributed by atoms with Crippen LogP contribution in [0, 0.1) is 0 Å². The van der Waals surface area contributed by atoms with E-state index in [1.165, 1.54) is 0 Å². The van der Waals surface area contributed by atoms with Gasteiger partial charge in [0.05, 0.1) is 0 Å². The van der Waals surface area contributed by atoms with Crippen LogP contribution in [0.15, 0.2) is 17.0 Å². The average Bonchev–Trinajstić information content (AvgIpc) is 1.82. The molecule has 0 aliphatic heterocycles. The fraction of sp³-hybridized carbons (Fsp3) is 0. The first kappa shape index (κ1) is 8.66. The molecule has 5 nitrogen and oxygen atoms in total. The highest BCUT2D eigenvalue weighted by molar-refractivity contribution is 7.72. The van der Waals surface area contributed by atoms with Crippen LogP contribution in [0.5, 0.6) is 17.2 Å². The van der Waals surface area contributed by atoms with E-state index in [-0.39, 0.29) is 0 Å². The minimum atomic E-state index is -3.06. The van der Waals surface area contributed by atoms with Crippen LogP contribution in [0.1, 0.15) is 0 Å². The van der Waals surface area contributed by atoms with Crippen molar-refractivity contribution in [3.63, 3.8) is 0 Å². The molecule has 0 saturated heterocycles. The highest BCUT2D eigenvalue weighted by Gasteiger charge is 2.11. The molecule has 1 aromatic rings. The van der Waals surface area contributed by atoms with Gasteiger partial charge in [-0.2, -0.15) is 0 Å². The standard InChI is InChI=1S/C6H6O5S/c7-3-1-4(8)6(12(10)11)5(9)2-3/h1-2,7-9,12H. The van der Waals surface area contributed by atoms with Crippen LogP contribution in [0.2, 0.25) is 0 Å². The Morgan fingerprint density at radius 2 is 1.42 bits per heavy atom. The molecule has 0 radical (unpaired) electrons. The van der Waals surface area contributed by atoms with Crippen LogP contribution in [-0.2, 0) is 10.7 Å². The largest absolute Gasteiger partial charge is 0.508 e. The number of hydrogen-bond acceptors (Lipinski definition) is 5. The summed E-state index contributed by atoms with van der Waals surface area (Å²) in [4.78, 5) is -0.581. The third-order valence-electron chi connectivity index (χ3n) is 1.24. The Morgan fingerprint density at radius 1 is 1.00 bits per heavy atom. The molecule has 0 fully saturated rings. The molecular formula is C6H6O5S. The zero-order valence-corrected chi connectivity index (χ0v) is 6.65. The van der Waals surface area contributed by atoms with E-state index in [1.54, 1.807) is 0 Å². The number of rotatable bonds is 1. The summed E-state index contributed by atoms with van der Waals surface area (Å²) < 4.78 is 20.8. The molecule has 0 atom stereocenters. The van der Waals surface area contributed by atoms with E-state index < -0.39 is 32.8 Å². The van der Waals surface area contributed by atoms with Gasteiger partial charge in [0.1, 0.15) is 22.1 Å². The number of phenols is 3. The van der Waals surface area contributed by atoms with Crippen LogP contribution in [0.3, 0.4) is 0 Å². The van der Waals surface area contributed by atoms with Gasteiger partial charge in [-0.15, -0.1) is 0 Å². The molecule has 6 heteroatoms. The minimum Gasteiger partial charge on any atom is -0.508 e. The monoisotopic (exact) mass is 190 g/mol. The Kier molecular flexibility index (Phi) is 2.09. The zero-order valence-electron chi connectivity index (χ0n) is 5.76. The van der Waals surface area contributed by atoms with Gasteiger partial charge in [0, 0.05) is 12.1 Å². The van der Waals surface area contributed by atoms with E-state index in [0.29, 0.717) is 0 Å². The number of phenolic OH excluding ortho intramolecular Hbond substituents is 3. The molecule has 1 rings (SSSR count). The van der Waals surface area contributed by atoms with Gasteiger partial charge >= 0.3 is 0 Å². The number of thiol groups is 1. The predicted octanol–water partition coefficient (Wildman–Crippen LogP) is -0.226. The molecule has 0 heterocycles. The Labute approximate surface area is 69.5 Å². The molecule has 66 valence electrons. The summed E-state index contributed by atoms with van der Waals surface area (Å²) in [6.45, 7) is 0. The maximum atomic E-state index is 10.4. The zero-order chi connectivity index (χ0) is 9.30. The molecule has 0 aliphatic carbocycles. The molecule has 0 aromatic heterocycles. The van der Waals surface area contributed by atoms with Gasteiger partial charge in [-0.25, -0.2) is 8.42 Å². The summed E-state index contributed by atoms with van der Waals surface area (Å²) in [7, 11) is -3.06. The molecule has 3 N–H and O–H groups in total. The first-order valence-electron chi connectivity index (χ1n) is 2.91. The molecule has 0 saturated carbocycles. The summed E-state index contributed by atoms with van der Waals surface area (Å²) >= 11 is 0. The molecular weight excluding hydrogens is 184 g/mol. The highest BCUT2D eigenvalue weighted by atomic mass is 32.2. The van der Waals surface area contributed by atoms with Crippen molar-refractivity contribution in [3.8, 4) is 17.2 Å². The number of hydrogen-bond donors (Lipinski definition) is 4. The predicted molar refractivity (Wildman–Crippen MR) is 40.0 cm³/mol. The van der Waals surface area contributed by atoms with Crippen LogP contribution in [0.25, 0.3) is 0 Å². The third-order valence-corrected chi connectivity index (χ3v) is 2.06. The summed E-state index contributed by atoms with van der Waals surface area (Å²) in [6, 6.07) is 1.67. The quantitative estimate of drug-likeness (QED) is 0.459. The van der Waals surface area contributed by atoms with Gasteiger partial charge in [0.15, 0.2) is 10.7 Å². The molecule has 0 bridgehead atoms.